The van der Waals surface area contributed by atoms with E-state index >= 15 is 0 Å². The Bertz CT molecular complexity index is 438. The lowest BCUT2D eigenvalue weighted by Gasteiger charge is -2.15. The second kappa shape index (κ2) is 4.80. The van der Waals surface area contributed by atoms with Gasteiger partial charge in [0, 0.05) is 19.4 Å². The number of amides is 2. The summed E-state index contributed by atoms with van der Waals surface area (Å²) in [5.74, 6) is -2.64. The number of hydrogen-bond acceptors (Lipinski definition) is 5. The molecule has 2 N–H and O–H groups in total. The highest BCUT2D eigenvalue weighted by Gasteiger charge is 2.34. The van der Waals surface area contributed by atoms with Gasteiger partial charge in [-0.1, -0.05) is 0 Å². The van der Waals surface area contributed by atoms with Crippen LogP contribution in [0.1, 0.15) is 19.3 Å². The molecule has 17 heavy (non-hydrogen) atoms. The Labute approximate surface area is 97.0 Å². The van der Waals surface area contributed by atoms with Crippen molar-refractivity contribution < 1.29 is 32.5 Å². The maximum Gasteiger partial charge on any atom is 0.324 e. The summed E-state index contributed by atoms with van der Waals surface area (Å²) in [6.45, 7) is -0.325. The molecule has 1 heterocycles. The normalized spacial score (nSPS) is 18.5. The predicted molar refractivity (Wildman–Crippen MR) is 53.5 cm³/mol. The summed E-state index contributed by atoms with van der Waals surface area (Å²) in [4.78, 5) is 33.7. The summed E-state index contributed by atoms with van der Waals surface area (Å²) in [7, 11) is -4.74. The first-order chi connectivity index (χ1) is 7.73. The molecule has 1 atom stereocenters. The minimum Gasteiger partial charge on any atom is -0.480 e. The van der Waals surface area contributed by atoms with Crippen molar-refractivity contribution in [1.82, 2.24) is 4.90 Å². The van der Waals surface area contributed by atoms with Gasteiger partial charge in [0.05, 0.1) is 0 Å². The van der Waals surface area contributed by atoms with Crippen LogP contribution in [0.15, 0.2) is 0 Å². The number of aliphatic carboxylic acids is 1. The first kappa shape index (κ1) is 13.6. The van der Waals surface area contributed by atoms with Gasteiger partial charge in [-0.3, -0.25) is 23.8 Å². The van der Waals surface area contributed by atoms with E-state index in [1.54, 1.807) is 0 Å². The van der Waals surface area contributed by atoms with Crippen molar-refractivity contribution in [3.8, 4) is 0 Å². The SMILES string of the molecule is O=C(O)C(CCN1C(=O)CCC1=O)S(=O)(=O)O. The summed E-state index contributed by atoms with van der Waals surface area (Å²) in [5, 5.41) is 6.56. The summed E-state index contributed by atoms with van der Waals surface area (Å²) < 4.78 is 30.1. The second-order valence-corrected chi connectivity index (χ2v) is 5.17. The number of imide groups is 1. The molecule has 1 aliphatic heterocycles. The number of hydrogen-bond donors (Lipinski definition) is 2. The number of carbonyl (C=O) groups is 3. The van der Waals surface area contributed by atoms with Crippen LogP contribution in [-0.2, 0) is 24.5 Å². The Balaban J connectivity index is 2.68. The minimum atomic E-state index is -4.74. The maximum atomic E-state index is 11.2. The fourth-order valence-electron chi connectivity index (χ4n) is 1.52. The summed E-state index contributed by atoms with van der Waals surface area (Å²) in [6, 6.07) is 0. The third kappa shape index (κ3) is 3.24. The molecule has 0 aromatic rings. The van der Waals surface area contributed by atoms with Gasteiger partial charge in [0.1, 0.15) is 0 Å². The van der Waals surface area contributed by atoms with E-state index in [1.165, 1.54) is 0 Å². The number of nitrogens with zero attached hydrogens (tertiary/aromatic N) is 1. The van der Waals surface area contributed by atoms with Gasteiger partial charge >= 0.3 is 5.97 Å². The van der Waals surface area contributed by atoms with Gasteiger partial charge in [0.15, 0.2) is 5.25 Å². The third-order valence-electron chi connectivity index (χ3n) is 2.40. The van der Waals surface area contributed by atoms with E-state index in [1.807, 2.05) is 0 Å². The van der Waals surface area contributed by atoms with Crippen molar-refractivity contribution >= 4 is 27.9 Å². The van der Waals surface area contributed by atoms with Crippen LogP contribution in [0.3, 0.4) is 0 Å². The third-order valence-corrected chi connectivity index (χ3v) is 3.56. The Morgan fingerprint density at radius 3 is 2.12 bits per heavy atom. The number of carboxylic acid groups (broad SMARTS) is 1. The van der Waals surface area contributed by atoms with Crippen LogP contribution in [0, 0.1) is 0 Å². The van der Waals surface area contributed by atoms with E-state index < -0.39 is 39.6 Å². The molecule has 8 nitrogen and oxygen atoms in total. The molecular formula is C8H11NO7S. The van der Waals surface area contributed by atoms with E-state index in [9.17, 15) is 22.8 Å². The molecule has 0 bridgehead atoms. The Morgan fingerprint density at radius 2 is 1.76 bits per heavy atom. The van der Waals surface area contributed by atoms with E-state index in [-0.39, 0.29) is 19.4 Å². The molecule has 0 aliphatic carbocycles. The first-order valence-corrected chi connectivity index (χ1v) is 6.26. The lowest BCUT2D eigenvalue weighted by molar-refractivity contribution is -0.141. The molecule has 1 fully saturated rings. The van der Waals surface area contributed by atoms with Crippen LogP contribution >= 0.6 is 0 Å². The van der Waals surface area contributed by atoms with Gasteiger partial charge in [-0.05, 0) is 6.42 Å². The smallest absolute Gasteiger partial charge is 0.324 e. The van der Waals surface area contributed by atoms with Crippen molar-refractivity contribution in [2.24, 2.45) is 0 Å². The molecule has 0 aromatic carbocycles. The molecular weight excluding hydrogens is 254 g/mol. The van der Waals surface area contributed by atoms with Crippen LogP contribution < -0.4 is 0 Å². The van der Waals surface area contributed by atoms with Crippen LogP contribution in [0.25, 0.3) is 0 Å². The average Bonchev–Trinajstić information content (AvgIpc) is 2.46. The molecule has 2 amide bonds. The van der Waals surface area contributed by atoms with Crippen LogP contribution in [0.4, 0.5) is 0 Å². The van der Waals surface area contributed by atoms with Gasteiger partial charge < -0.3 is 5.11 Å². The zero-order chi connectivity index (χ0) is 13.2. The van der Waals surface area contributed by atoms with Crippen molar-refractivity contribution in [3.05, 3.63) is 0 Å². The molecule has 0 radical (unpaired) electrons. The molecule has 1 aliphatic rings. The largest absolute Gasteiger partial charge is 0.480 e. The highest BCUT2D eigenvalue weighted by atomic mass is 32.2. The average molecular weight is 265 g/mol. The Hall–Kier alpha value is -1.48. The molecule has 96 valence electrons. The fourth-order valence-corrected chi connectivity index (χ4v) is 2.18. The molecule has 0 saturated carbocycles. The second-order valence-electron chi connectivity index (χ2n) is 3.57. The van der Waals surface area contributed by atoms with E-state index in [2.05, 4.69) is 0 Å². The van der Waals surface area contributed by atoms with E-state index in [0.717, 1.165) is 4.90 Å². The lowest BCUT2D eigenvalue weighted by atomic mass is 10.3. The highest BCUT2D eigenvalue weighted by Crippen LogP contribution is 2.14. The van der Waals surface area contributed by atoms with Gasteiger partial charge in [-0.25, -0.2) is 0 Å². The summed E-state index contributed by atoms with van der Waals surface area (Å²) in [6.07, 6.45) is -0.434. The fraction of sp³-hybridized carbons (Fsp3) is 0.625. The van der Waals surface area contributed by atoms with Gasteiger partial charge in [-0.15, -0.1) is 0 Å². The van der Waals surface area contributed by atoms with Crippen molar-refractivity contribution in [1.29, 1.82) is 0 Å². The van der Waals surface area contributed by atoms with Crippen molar-refractivity contribution in [2.75, 3.05) is 6.54 Å². The number of carbonyl (C=O) groups excluding carboxylic acids is 2. The Kier molecular flexibility index (Phi) is 3.83. The van der Waals surface area contributed by atoms with Crippen LogP contribution in [0.5, 0.6) is 0 Å². The number of likely N-dealkylation sites (tertiary alicyclic amines) is 1. The van der Waals surface area contributed by atoms with Gasteiger partial charge in [0.2, 0.25) is 11.8 Å². The summed E-state index contributed by atoms with van der Waals surface area (Å²) >= 11 is 0. The molecule has 1 unspecified atom stereocenters. The Morgan fingerprint density at radius 1 is 1.29 bits per heavy atom. The summed E-state index contributed by atoms with van der Waals surface area (Å²) in [5.41, 5.74) is 0. The van der Waals surface area contributed by atoms with Gasteiger partial charge in [-0.2, -0.15) is 8.42 Å². The highest BCUT2D eigenvalue weighted by molar-refractivity contribution is 7.87. The van der Waals surface area contributed by atoms with Crippen molar-refractivity contribution in [2.45, 2.75) is 24.5 Å². The topological polar surface area (TPSA) is 129 Å². The van der Waals surface area contributed by atoms with E-state index in [0.29, 0.717) is 0 Å². The maximum absolute atomic E-state index is 11.2. The number of carboxylic acids is 1. The lowest BCUT2D eigenvalue weighted by Crippen LogP contribution is -2.37. The monoisotopic (exact) mass is 265 g/mol. The predicted octanol–water partition coefficient (Wildman–Crippen LogP) is -1.13. The van der Waals surface area contributed by atoms with Crippen molar-refractivity contribution in [3.63, 3.8) is 0 Å². The minimum absolute atomic E-state index is 0.0441. The molecule has 9 heteroatoms. The number of rotatable bonds is 5. The first-order valence-electron chi connectivity index (χ1n) is 4.76. The van der Waals surface area contributed by atoms with Crippen LogP contribution in [0.2, 0.25) is 0 Å². The van der Waals surface area contributed by atoms with Gasteiger partial charge in [0.25, 0.3) is 10.1 Å². The quantitative estimate of drug-likeness (QED) is 0.475. The molecule has 0 spiro atoms. The molecule has 1 rings (SSSR count). The molecule has 1 saturated heterocycles. The molecule has 0 aromatic heterocycles. The zero-order valence-electron chi connectivity index (χ0n) is 8.70. The standard InChI is InChI=1S/C8H11NO7S/c10-6-1-2-7(11)9(6)4-3-5(8(12)13)17(14,15)16/h5H,1-4H2,(H,12,13)(H,14,15,16). The zero-order valence-corrected chi connectivity index (χ0v) is 9.51. The van der Waals surface area contributed by atoms with E-state index in [4.69, 9.17) is 9.66 Å². The van der Waals surface area contributed by atoms with Crippen LogP contribution in [-0.4, -0.2) is 52.6 Å².